The SMILES string of the molecule is CC(C)C(C)(CC(=O)Nc1ccc(F)c(Cl)c1)C(=O)O. The van der Waals surface area contributed by atoms with E-state index < -0.39 is 23.1 Å². The summed E-state index contributed by atoms with van der Waals surface area (Å²) in [5, 5.41) is 11.7. The van der Waals surface area contributed by atoms with Crippen molar-refractivity contribution in [1.82, 2.24) is 0 Å². The molecular weight excluding hydrogens is 285 g/mol. The van der Waals surface area contributed by atoms with E-state index in [9.17, 15) is 19.1 Å². The number of halogens is 2. The summed E-state index contributed by atoms with van der Waals surface area (Å²) in [4.78, 5) is 23.2. The number of hydrogen-bond donors (Lipinski definition) is 2. The lowest BCUT2D eigenvalue weighted by atomic mass is 9.76. The van der Waals surface area contributed by atoms with E-state index in [1.807, 2.05) is 0 Å². The molecule has 0 aliphatic carbocycles. The molecule has 0 spiro atoms. The van der Waals surface area contributed by atoms with Crippen LogP contribution in [0.5, 0.6) is 0 Å². The molecule has 1 aromatic rings. The predicted molar refractivity (Wildman–Crippen MR) is 75.2 cm³/mol. The van der Waals surface area contributed by atoms with Crippen molar-refractivity contribution in [1.29, 1.82) is 0 Å². The number of amides is 1. The molecule has 0 fully saturated rings. The molecule has 0 radical (unpaired) electrons. The molecule has 1 atom stereocenters. The molecule has 2 N–H and O–H groups in total. The van der Waals surface area contributed by atoms with Gasteiger partial charge in [0.15, 0.2) is 0 Å². The summed E-state index contributed by atoms with van der Waals surface area (Å²) in [6.45, 7) is 5.02. The molecule has 6 heteroatoms. The zero-order valence-electron chi connectivity index (χ0n) is 11.5. The third-order valence-corrected chi connectivity index (χ3v) is 3.78. The van der Waals surface area contributed by atoms with Crippen LogP contribution >= 0.6 is 11.6 Å². The summed E-state index contributed by atoms with van der Waals surface area (Å²) < 4.78 is 13.0. The van der Waals surface area contributed by atoms with Gasteiger partial charge >= 0.3 is 5.97 Å². The molecule has 0 aromatic heterocycles. The third kappa shape index (κ3) is 3.70. The molecule has 20 heavy (non-hydrogen) atoms. The second-order valence-corrected chi connectivity index (χ2v) is 5.64. The van der Waals surface area contributed by atoms with Gasteiger partial charge in [-0.1, -0.05) is 25.4 Å². The van der Waals surface area contributed by atoms with Crippen molar-refractivity contribution in [2.45, 2.75) is 27.2 Å². The van der Waals surface area contributed by atoms with Gasteiger partial charge in [0.25, 0.3) is 0 Å². The number of carbonyl (C=O) groups is 2. The number of anilines is 1. The van der Waals surface area contributed by atoms with Gasteiger partial charge in [0.05, 0.1) is 10.4 Å². The largest absolute Gasteiger partial charge is 0.481 e. The Bertz CT molecular complexity index is 533. The molecule has 0 heterocycles. The average molecular weight is 302 g/mol. The van der Waals surface area contributed by atoms with Gasteiger partial charge in [-0.25, -0.2) is 4.39 Å². The van der Waals surface area contributed by atoms with E-state index in [2.05, 4.69) is 5.32 Å². The number of carboxylic acid groups (broad SMARTS) is 1. The minimum Gasteiger partial charge on any atom is -0.481 e. The smallest absolute Gasteiger partial charge is 0.310 e. The van der Waals surface area contributed by atoms with Crippen LogP contribution in [0.4, 0.5) is 10.1 Å². The molecule has 0 saturated heterocycles. The molecule has 1 unspecified atom stereocenters. The number of aliphatic carboxylic acids is 1. The molecule has 1 rings (SSSR count). The minimum atomic E-state index is -1.16. The molecule has 4 nitrogen and oxygen atoms in total. The van der Waals surface area contributed by atoms with Crippen molar-refractivity contribution < 1.29 is 19.1 Å². The topological polar surface area (TPSA) is 66.4 Å². The fourth-order valence-electron chi connectivity index (χ4n) is 1.64. The van der Waals surface area contributed by atoms with E-state index >= 15 is 0 Å². The van der Waals surface area contributed by atoms with Gasteiger partial charge in [-0.15, -0.1) is 0 Å². The van der Waals surface area contributed by atoms with Gasteiger partial charge in [-0.3, -0.25) is 9.59 Å². The first kappa shape index (κ1) is 16.4. The molecule has 0 aliphatic rings. The van der Waals surface area contributed by atoms with Gasteiger partial charge in [-0.05, 0) is 31.0 Å². The quantitative estimate of drug-likeness (QED) is 0.874. The summed E-state index contributed by atoms with van der Waals surface area (Å²) in [6.07, 6.45) is -0.172. The highest BCUT2D eigenvalue weighted by Crippen LogP contribution is 2.32. The first-order chi connectivity index (χ1) is 9.16. The van der Waals surface area contributed by atoms with Crippen LogP contribution in [0.3, 0.4) is 0 Å². The number of benzene rings is 1. The van der Waals surface area contributed by atoms with E-state index in [0.717, 1.165) is 6.07 Å². The highest BCUT2D eigenvalue weighted by Gasteiger charge is 2.38. The third-order valence-electron chi connectivity index (χ3n) is 3.49. The Balaban J connectivity index is 2.81. The van der Waals surface area contributed by atoms with Crippen LogP contribution in [-0.4, -0.2) is 17.0 Å². The van der Waals surface area contributed by atoms with E-state index in [4.69, 9.17) is 11.6 Å². The highest BCUT2D eigenvalue weighted by atomic mass is 35.5. The van der Waals surface area contributed by atoms with E-state index in [0.29, 0.717) is 5.69 Å². The van der Waals surface area contributed by atoms with Gasteiger partial charge in [0.2, 0.25) is 5.91 Å². The summed E-state index contributed by atoms with van der Waals surface area (Å²) in [7, 11) is 0. The molecule has 0 saturated carbocycles. The number of carbonyl (C=O) groups excluding carboxylic acids is 1. The zero-order valence-corrected chi connectivity index (χ0v) is 12.3. The van der Waals surface area contributed by atoms with Crippen molar-refractivity contribution in [3.63, 3.8) is 0 Å². The Labute approximate surface area is 121 Å². The molecule has 0 bridgehead atoms. The van der Waals surface area contributed by atoms with Crippen molar-refractivity contribution in [3.8, 4) is 0 Å². The monoisotopic (exact) mass is 301 g/mol. The maximum atomic E-state index is 13.0. The highest BCUT2D eigenvalue weighted by molar-refractivity contribution is 6.31. The van der Waals surface area contributed by atoms with Gasteiger partial charge in [0.1, 0.15) is 5.82 Å². The number of nitrogens with one attached hydrogen (secondary N) is 1. The van der Waals surface area contributed by atoms with Crippen molar-refractivity contribution in [2.24, 2.45) is 11.3 Å². The molecule has 0 aliphatic heterocycles. The summed E-state index contributed by atoms with van der Waals surface area (Å²) in [5.74, 6) is -2.27. The number of rotatable bonds is 5. The fourth-order valence-corrected chi connectivity index (χ4v) is 1.82. The second kappa shape index (κ2) is 6.22. The lowest BCUT2D eigenvalue weighted by Gasteiger charge is -2.28. The second-order valence-electron chi connectivity index (χ2n) is 5.23. The fraction of sp³-hybridized carbons (Fsp3) is 0.429. The minimum absolute atomic E-state index is 0.104. The molecule has 110 valence electrons. The van der Waals surface area contributed by atoms with E-state index in [1.165, 1.54) is 19.1 Å². The van der Waals surface area contributed by atoms with Gasteiger partial charge < -0.3 is 10.4 Å². The predicted octanol–water partition coefficient (Wildman–Crippen LogP) is 3.55. The van der Waals surface area contributed by atoms with Crippen LogP contribution < -0.4 is 5.32 Å². The standard InChI is InChI=1S/C14H17ClFNO3/c1-8(2)14(3,13(19)20)7-12(18)17-9-4-5-11(16)10(15)6-9/h4-6,8H,7H2,1-3H3,(H,17,18)(H,19,20). The van der Waals surface area contributed by atoms with Crippen LogP contribution in [0.15, 0.2) is 18.2 Å². The van der Waals surface area contributed by atoms with Crippen molar-refractivity contribution >= 4 is 29.2 Å². The van der Waals surface area contributed by atoms with Crippen LogP contribution in [-0.2, 0) is 9.59 Å². The van der Waals surface area contributed by atoms with E-state index in [1.54, 1.807) is 13.8 Å². The van der Waals surface area contributed by atoms with Crippen LogP contribution in [0.2, 0.25) is 5.02 Å². The Hall–Kier alpha value is -1.62. The van der Waals surface area contributed by atoms with Gasteiger partial charge in [-0.2, -0.15) is 0 Å². The maximum Gasteiger partial charge on any atom is 0.310 e. The Morgan fingerprint density at radius 1 is 1.45 bits per heavy atom. The average Bonchev–Trinajstić information content (AvgIpc) is 2.33. The van der Waals surface area contributed by atoms with E-state index in [-0.39, 0.29) is 17.4 Å². The Kier molecular flexibility index (Phi) is 5.11. The zero-order chi connectivity index (χ0) is 15.5. The summed E-state index contributed by atoms with van der Waals surface area (Å²) in [5.41, 5.74) is -0.827. The molecular formula is C14H17ClFNO3. The molecule has 1 aromatic carbocycles. The first-order valence-corrected chi connectivity index (χ1v) is 6.53. The first-order valence-electron chi connectivity index (χ1n) is 6.15. The normalized spacial score (nSPS) is 13.9. The maximum absolute atomic E-state index is 13.0. The number of hydrogen-bond acceptors (Lipinski definition) is 2. The van der Waals surface area contributed by atoms with Crippen LogP contribution in [0.1, 0.15) is 27.2 Å². The number of carboxylic acids is 1. The van der Waals surface area contributed by atoms with Crippen molar-refractivity contribution in [3.05, 3.63) is 29.0 Å². The van der Waals surface area contributed by atoms with Crippen LogP contribution in [0.25, 0.3) is 0 Å². The lowest BCUT2D eigenvalue weighted by molar-refractivity contribution is -0.153. The van der Waals surface area contributed by atoms with Crippen LogP contribution in [0, 0.1) is 17.2 Å². The lowest BCUT2D eigenvalue weighted by Crippen LogP contribution is -2.37. The summed E-state index contributed by atoms with van der Waals surface area (Å²) >= 11 is 5.61. The molecule has 1 amide bonds. The Morgan fingerprint density at radius 3 is 2.50 bits per heavy atom. The van der Waals surface area contributed by atoms with Crippen molar-refractivity contribution in [2.75, 3.05) is 5.32 Å². The Morgan fingerprint density at radius 2 is 2.05 bits per heavy atom. The summed E-state index contributed by atoms with van der Waals surface area (Å²) in [6, 6.07) is 3.78. The van der Waals surface area contributed by atoms with Gasteiger partial charge in [0, 0.05) is 12.1 Å².